The quantitative estimate of drug-likeness (QED) is 0.0279. The standard InChI is InChI=1S/C84H90N4O6/c1-5-9-11-13-49-91-73-41-33-65(34-42-73)71-53-85-81(86-54-71)83(89)93-77-47-39-69-51-67(63-29-25-61(26-30-63)59-21-17-57(15-7-3)18-22-59)37-45-75(69)79(77)80-76-46-38-68(64-31-27-62(28-32-64)60-23-19-58(16-8-4)20-24-60)52-70(76)40-48-78(80)94-84(90)82-87-55-72(56-88-82)66-35-43-74(44-36-66)92-50-14-12-10-6-2/h25-48,51-60H,5-24,49-50H2,1-4H3. The molecule has 2 fully saturated rings. The molecular formula is C84H90N4O6. The third-order valence-corrected chi connectivity index (χ3v) is 19.7. The SMILES string of the molecule is CCCCCCOc1ccc(-c2cnc(C(=O)Oc3ccc4cc(-c5ccc(C6CCC(CCC)CC6)cc5)ccc4c3-c3c(OC(=O)c4ncc(-c5ccc(OCCCCCC)cc5)cn4)ccc4cc(-c5ccc(C6CCC(CCC)CC6)cc5)ccc34)nc2)cc1. The Labute approximate surface area is 556 Å². The lowest BCUT2D eigenvalue weighted by molar-refractivity contribution is 0.0711. The minimum atomic E-state index is -0.744. The van der Waals surface area contributed by atoms with Gasteiger partial charge in [0, 0.05) is 47.0 Å². The van der Waals surface area contributed by atoms with Crippen LogP contribution in [0.25, 0.3) is 77.2 Å². The molecule has 0 saturated heterocycles. The minimum absolute atomic E-state index is 0.110. The van der Waals surface area contributed by atoms with Crippen LogP contribution in [0.1, 0.15) is 200 Å². The molecule has 0 spiro atoms. The number of hydrogen-bond donors (Lipinski definition) is 0. The van der Waals surface area contributed by atoms with E-state index in [0.29, 0.717) is 36.2 Å². The molecule has 2 aromatic heterocycles. The van der Waals surface area contributed by atoms with Gasteiger partial charge >= 0.3 is 11.9 Å². The number of benzene rings is 8. The molecule has 0 atom stereocenters. The largest absolute Gasteiger partial charge is 0.494 e. The first-order valence-electron chi connectivity index (χ1n) is 35.1. The van der Waals surface area contributed by atoms with Crippen molar-refractivity contribution in [2.24, 2.45) is 11.8 Å². The summed E-state index contributed by atoms with van der Waals surface area (Å²) >= 11 is 0. The lowest BCUT2D eigenvalue weighted by Gasteiger charge is -2.28. The van der Waals surface area contributed by atoms with Gasteiger partial charge in [0.1, 0.15) is 23.0 Å². The predicted octanol–water partition coefficient (Wildman–Crippen LogP) is 22.4. The van der Waals surface area contributed by atoms with Crippen molar-refractivity contribution in [3.8, 4) is 78.6 Å². The van der Waals surface area contributed by atoms with Crippen molar-refractivity contribution in [1.29, 1.82) is 0 Å². The number of esters is 2. The van der Waals surface area contributed by atoms with Gasteiger partial charge in [-0.25, -0.2) is 29.5 Å². The van der Waals surface area contributed by atoms with E-state index in [1.54, 1.807) is 24.8 Å². The highest BCUT2D eigenvalue weighted by molar-refractivity contribution is 6.12. The van der Waals surface area contributed by atoms with E-state index in [1.807, 2.05) is 72.8 Å². The van der Waals surface area contributed by atoms with Crippen LogP contribution in [-0.4, -0.2) is 45.1 Å². The second-order valence-corrected chi connectivity index (χ2v) is 26.2. The smallest absolute Gasteiger partial charge is 0.381 e. The van der Waals surface area contributed by atoms with Crippen molar-refractivity contribution < 1.29 is 28.5 Å². The van der Waals surface area contributed by atoms with Crippen molar-refractivity contribution in [1.82, 2.24) is 19.9 Å². The van der Waals surface area contributed by atoms with Gasteiger partial charge in [-0.2, -0.15) is 0 Å². The Hall–Kier alpha value is -9.02. The molecule has 10 aromatic rings. The molecule has 94 heavy (non-hydrogen) atoms. The molecule has 0 radical (unpaired) electrons. The van der Waals surface area contributed by atoms with Crippen LogP contribution in [0.2, 0.25) is 0 Å². The number of carbonyl (C=O) groups is 2. The molecule has 12 rings (SSSR count). The number of rotatable bonds is 27. The van der Waals surface area contributed by atoms with E-state index in [2.05, 4.69) is 133 Å². The lowest BCUT2D eigenvalue weighted by Crippen LogP contribution is -2.14. The molecule has 482 valence electrons. The number of carbonyl (C=O) groups excluding carboxylic acids is 2. The summed E-state index contributed by atoms with van der Waals surface area (Å²) in [5, 5.41) is 3.35. The Bertz CT molecular complexity index is 3850. The zero-order valence-electron chi connectivity index (χ0n) is 55.4. The summed E-state index contributed by atoms with van der Waals surface area (Å²) in [5.41, 5.74) is 11.5. The molecule has 10 heteroatoms. The molecule has 0 amide bonds. The summed E-state index contributed by atoms with van der Waals surface area (Å²) in [6.45, 7) is 10.3. The summed E-state index contributed by atoms with van der Waals surface area (Å²) in [4.78, 5) is 47.6. The summed E-state index contributed by atoms with van der Waals surface area (Å²) in [6.07, 6.45) is 30.9. The average Bonchev–Trinajstić information content (AvgIpc) is 0.750. The van der Waals surface area contributed by atoms with E-state index in [9.17, 15) is 9.59 Å². The number of aromatic nitrogens is 4. The highest BCUT2D eigenvalue weighted by atomic mass is 16.5. The van der Waals surface area contributed by atoms with Crippen molar-refractivity contribution in [2.45, 2.75) is 168 Å². The van der Waals surface area contributed by atoms with Crippen LogP contribution in [0.15, 0.2) is 183 Å². The number of ether oxygens (including phenoxy) is 4. The molecular weight excluding hydrogens is 1160 g/mol. The second kappa shape index (κ2) is 31.7. The molecule has 0 bridgehead atoms. The molecule has 2 saturated carbocycles. The molecule has 0 aliphatic heterocycles. The summed E-state index contributed by atoms with van der Waals surface area (Å²) < 4.78 is 25.1. The van der Waals surface area contributed by atoms with Gasteiger partial charge in [0.2, 0.25) is 11.6 Å². The van der Waals surface area contributed by atoms with Crippen molar-refractivity contribution in [3.63, 3.8) is 0 Å². The van der Waals surface area contributed by atoms with Crippen LogP contribution in [-0.2, 0) is 0 Å². The Morgan fingerprint density at radius 3 is 1.07 bits per heavy atom. The zero-order valence-corrected chi connectivity index (χ0v) is 55.4. The molecule has 8 aromatic carbocycles. The Morgan fingerprint density at radius 1 is 0.362 bits per heavy atom. The fraction of sp³-hybridized carbons (Fsp3) is 0.357. The zero-order chi connectivity index (χ0) is 64.6. The normalized spacial score (nSPS) is 16.4. The first-order chi connectivity index (χ1) is 46.2. The topological polar surface area (TPSA) is 123 Å². The van der Waals surface area contributed by atoms with E-state index in [1.165, 1.54) is 114 Å². The van der Waals surface area contributed by atoms with Gasteiger partial charge in [0.15, 0.2) is 0 Å². The highest BCUT2D eigenvalue weighted by Gasteiger charge is 2.27. The van der Waals surface area contributed by atoms with Gasteiger partial charge in [-0.3, -0.25) is 0 Å². The molecule has 2 aliphatic carbocycles. The number of fused-ring (bicyclic) bond motifs is 2. The van der Waals surface area contributed by atoms with Gasteiger partial charge in [-0.1, -0.05) is 201 Å². The van der Waals surface area contributed by atoms with Gasteiger partial charge in [-0.05, 0) is 202 Å². The second-order valence-electron chi connectivity index (χ2n) is 26.2. The molecule has 0 N–H and O–H groups in total. The highest BCUT2D eigenvalue weighted by Crippen LogP contribution is 2.48. The van der Waals surface area contributed by atoms with Gasteiger partial charge in [-0.15, -0.1) is 0 Å². The van der Waals surface area contributed by atoms with Crippen LogP contribution in [0.3, 0.4) is 0 Å². The van der Waals surface area contributed by atoms with Crippen LogP contribution in [0, 0.1) is 11.8 Å². The fourth-order valence-corrected chi connectivity index (χ4v) is 14.3. The number of unbranched alkanes of at least 4 members (excludes halogenated alkanes) is 6. The van der Waals surface area contributed by atoms with Gasteiger partial charge in [0.25, 0.3) is 0 Å². The lowest BCUT2D eigenvalue weighted by atomic mass is 9.77. The average molecular weight is 1250 g/mol. The molecule has 10 nitrogen and oxygen atoms in total. The first-order valence-corrected chi connectivity index (χ1v) is 35.1. The van der Waals surface area contributed by atoms with E-state index in [4.69, 9.17) is 18.9 Å². The van der Waals surface area contributed by atoms with Crippen molar-refractivity contribution in [3.05, 3.63) is 205 Å². The third-order valence-electron chi connectivity index (χ3n) is 19.7. The maximum absolute atomic E-state index is 14.6. The number of hydrogen-bond acceptors (Lipinski definition) is 10. The van der Waals surface area contributed by atoms with Crippen molar-refractivity contribution in [2.75, 3.05) is 13.2 Å². The Morgan fingerprint density at radius 2 is 0.713 bits per heavy atom. The van der Waals surface area contributed by atoms with E-state index >= 15 is 0 Å². The first kappa shape index (κ1) is 65.1. The van der Waals surface area contributed by atoms with Crippen molar-refractivity contribution >= 4 is 33.5 Å². The summed E-state index contributed by atoms with van der Waals surface area (Å²) in [5.74, 6) is 3.23. The van der Waals surface area contributed by atoms with E-state index in [-0.39, 0.29) is 23.1 Å². The summed E-state index contributed by atoms with van der Waals surface area (Å²) in [7, 11) is 0. The fourth-order valence-electron chi connectivity index (χ4n) is 14.3. The molecule has 2 aliphatic rings. The number of nitrogens with zero attached hydrogens (tertiary/aromatic N) is 4. The van der Waals surface area contributed by atoms with E-state index in [0.717, 1.165) is 115 Å². The van der Waals surface area contributed by atoms with Crippen LogP contribution in [0.5, 0.6) is 23.0 Å². The van der Waals surface area contributed by atoms with Crippen LogP contribution >= 0.6 is 0 Å². The summed E-state index contributed by atoms with van der Waals surface area (Å²) in [6, 6.07) is 54.3. The minimum Gasteiger partial charge on any atom is -0.494 e. The van der Waals surface area contributed by atoms with Gasteiger partial charge in [0.05, 0.1) is 13.2 Å². The van der Waals surface area contributed by atoms with Gasteiger partial charge < -0.3 is 18.9 Å². The maximum Gasteiger partial charge on any atom is 0.381 e. The Balaban J connectivity index is 0.899. The van der Waals surface area contributed by atoms with E-state index < -0.39 is 11.9 Å². The maximum atomic E-state index is 14.6. The predicted molar refractivity (Wildman–Crippen MR) is 381 cm³/mol. The molecule has 0 unspecified atom stereocenters. The molecule has 2 heterocycles. The van der Waals surface area contributed by atoms with Crippen LogP contribution < -0.4 is 18.9 Å². The monoisotopic (exact) mass is 1250 g/mol. The third kappa shape index (κ3) is 16.0. The van der Waals surface area contributed by atoms with Crippen LogP contribution in [0.4, 0.5) is 0 Å². The Kier molecular flexibility index (Phi) is 22.0.